The maximum atomic E-state index is 2.74. The average molecular weight is 863 g/mol. The highest BCUT2D eigenvalue weighted by molar-refractivity contribution is 7.00. The van der Waals surface area contributed by atoms with Crippen LogP contribution in [0.15, 0.2) is 72.8 Å². The normalized spacial score (nSPS) is 21.2. The van der Waals surface area contributed by atoms with Crippen LogP contribution in [0.2, 0.25) is 0 Å². The van der Waals surface area contributed by atoms with Crippen LogP contribution in [0.5, 0.6) is 0 Å². The van der Waals surface area contributed by atoms with Crippen molar-refractivity contribution in [3.63, 3.8) is 0 Å². The zero-order valence-electron chi connectivity index (χ0n) is 43.9. The monoisotopic (exact) mass is 863 g/mol. The van der Waals surface area contributed by atoms with Crippen LogP contribution in [-0.4, -0.2) is 6.71 Å². The van der Waals surface area contributed by atoms with E-state index in [2.05, 4.69) is 214 Å². The molecule has 5 aromatic carbocycles. The lowest BCUT2D eigenvalue weighted by Gasteiger charge is -2.48. The number of hydrogen-bond donors (Lipinski definition) is 0. The van der Waals surface area contributed by atoms with E-state index in [-0.39, 0.29) is 50.0 Å². The Morgan fingerprint density at radius 3 is 1.43 bits per heavy atom. The molecule has 3 heteroatoms. The van der Waals surface area contributed by atoms with Gasteiger partial charge in [0.25, 0.3) is 6.71 Å². The molecule has 0 radical (unpaired) electrons. The van der Waals surface area contributed by atoms with E-state index >= 15 is 0 Å². The fraction of sp³-hybridized carbons (Fsp3) is 0.516. The van der Waals surface area contributed by atoms with Crippen molar-refractivity contribution < 1.29 is 0 Å². The molecule has 5 aromatic rings. The largest absolute Gasteiger partial charge is 0.311 e. The molecule has 10 rings (SSSR count). The highest BCUT2D eigenvalue weighted by Gasteiger charge is 2.49. The zero-order chi connectivity index (χ0) is 47.1. The first-order valence-electron chi connectivity index (χ1n) is 25.3. The first kappa shape index (κ1) is 44.6. The van der Waals surface area contributed by atoms with E-state index in [9.17, 15) is 0 Å². The summed E-state index contributed by atoms with van der Waals surface area (Å²) in [7, 11) is 0. The molecule has 0 saturated carbocycles. The van der Waals surface area contributed by atoms with E-state index in [0.717, 1.165) is 6.42 Å². The first-order chi connectivity index (χ1) is 29.8. The van der Waals surface area contributed by atoms with Crippen molar-refractivity contribution >= 4 is 57.2 Å². The molecule has 0 saturated heterocycles. The van der Waals surface area contributed by atoms with E-state index in [0.29, 0.717) is 0 Å². The van der Waals surface area contributed by atoms with Crippen molar-refractivity contribution in [3.8, 4) is 0 Å². The number of rotatable bonds is 2. The van der Waals surface area contributed by atoms with Crippen molar-refractivity contribution in [2.75, 3.05) is 9.80 Å². The highest BCUT2D eigenvalue weighted by atomic mass is 15.2. The quantitative estimate of drug-likeness (QED) is 0.160. The van der Waals surface area contributed by atoms with Gasteiger partial charge in [0, 0.05) is 34.1 Å². The third kappa shape index (κ3) is 6.60. The Balaban J connectivity index is 1.37. The molecule has 2 nitrogen and oxygen atoms in total. The lowest BCUT2D eigenvalue weighted by Crippen LogP contribution is -2.62. The topological polar surface area (TPSA) is 6.48 Å². The minimum atomic E-state index is -0.0856. The number of anilines is 6. The molecule has 0 bridgehead atoms. The predicted molar refractivity (Wildman–Crippen MR) is 284 cm³/mol. The summed E-state index contributed by atoms with van der Waals surface area (Å²) in [6, 6.07) is 30.9. The first-order valence-corrected chi connectivity index (χ1v) is 25.3. The lowest BCUT2D eigenvalue weighted by molar-refractivity contribution is 0.332. The Morgan fingerprint density at radius 1 is 0.400 bits per heavy atom. The second-order valence-corrected chi connectivity index (χ2v) is 27.7. The van der Waals surface area contributed by atoms with Gasteiger partial charge in [-0.25, -0.2) is 0 Å². The van der Waals surface area contributed by atoms with Crippen molar-refractivity contribution in [2.24, 2.45) is 0 Å². The third-order valence-electron chi connectivity index (χ3n) is 17.8. The van der Waals surface area contributed by atoms with Crippen LogP contribution < -0.4 is 26.2 Å². The van der Waals surface area contributed by atoms with Gasteiger partial charge < -0.3 is 9.80 Å². The molecule has 0 N–H and O–H groups in total. The molecule has 0 amide bonds. The van der Waals surface area contributed by atoms with Gasteiger partial charge in [-0.3, -0.25) is 0 Å². The van der Waals surface area contributed by atoms with Gasteiger partial charge in [0.1, 0.15) is 0 Å². The van der Waals surface area contributed by atoms with E-state index < -0.39 is 0 Å². The van der Waals surface area contributed by atoms with E-state index in [1.165, 1.54) is 126 Å². The molecule has 65 heavy (non-hydrogen) atoms. The molecule has 0 unspecified atom stereocenters. The van der Waals surface area contributed by atoms with E-state index in [1.807, 2.05) is 0 Å². The molecule has 3 aliphatic carbocycles. The predicted octanol–water partition coefficient (Wildman–Crippen LogP) is 15.3. The smallest absolute Gasteiger partial charge is 0.252 e. The summed E-state index contributed by atoms with van der Waals surface area (Å²) in [4.78, 5) is 5.46. The summed E-state index contributed by atoms with van der Waals surface area (Å²) < 4.78 is 0. The van der Waals surface area contributed by atoms with Crippen LogP contribution in [0.1, 0.15) is 207 Å². The van der Waals surface area contributed by atoms with E-state index in [4.69, 9.17) is 0 Å². The number of benzene rings is 5. The summed E-state index contributed by atoms with van der Waals surface area (Å²) in [6.45, 7) is 46.6. The Hall–Kier alpha value is -4.24. The average Bonchev–Trinajstić information content (AvgIpc) is 3.37. The van der Waals surface area contributed by atoms with Gasteiger partial charge in [0.2, 0.25) is 0 Å². The molecular formula is C62H79BN2. The molecule has 5 aliphatic rings. The van der Waals surface area contributed by atoms with Crippen molar-refractivity contribution in [1.29, 1.82) is 0 Å². The Labute approximate surface area is 395 Å². The fourth-order valence-electron chi connectivity index (χ4n) is 13.6. The van der Waals surface area contributed by atoms with Gasteiger partial charge in [0.15, 0.2) is 0 Å². The van der Waals surface area contributed by atoms with Crippen molar-refractivity contribution in [2.45, 2.75) is 207 Å². The second-order valence-electron chi connectivity index (χ2n) is 27.7. The molecular weight excluding hydrogens is 784 g/mol. The number of fused-ring (bicyclic) bond motifs is 7. The van der Waals surface area contributed by atoms with Crippen molar-refractivity contribution in [3.05, 3.63) is 123 Å². The summed E-state index contributed by atoms with van der Waals surface area (Å²) in [5.41, 5.74) is 26.0. The second kappa shape index (κ2) is 13.5. The Morgan fingerprint density at radius 2 is 0.862 bits per heavy atom. The SMILES string of the molecule is Cc1cc2c(cc1N1c3ccc(C(C)(C)C)cc3B3c4cc5c(cc4N(c4ccc6c(c4)C(C)(C)CCC6(C)C)c4cc(C(C)(C)C)cc1c43)C(C)(C)CCC5(C)C)C(C)(C)CC2(C)C. The number of nitrogens with zero attached hydrogens (tertiary/aromatic N) is 2. The zero-order valence-corrected chi connectivity index (χ0v) is 43.9. The molecule has 0 atom stereocenters. The van der Waals surface area contributed by atoms with Gasteiger partial charge in [-0.1, -0.05) is 155 Å². The molecule has 2 aliphatic heterocycles. The van der Waals surface area contributed by atoms with Crippen LogP contribution in [0.25, 0.3) is 0 Å². The maximum absolute atomic E-state index is 2.74. The fourth-order valence-corrected chi connectivity index (χ4v) is 13.6. The van der Waals surface area contributed by atoms with Crippen molar-refractivity contribution in [1.82, 2.24) is 0 Å². The minimum Gasteiger partial charge on any atom is -0.311 e. The maximum Gasteiger partial charge on any atom is 0.252 e. The van der Waals surface area contributed by atoms with Gasteiger partial charge >= 0.3 is 0 Å². The molecule has 340 valence electrons. The van der Waals surface area contributed by atoms with Crippen LogP contribution in [0, 0.1) is 6.92 Å². The number of hydrogen-bond acceptors (Lipinski definition) is 2. The Kier molecular flexibility index (Phi) is 9.24. The summed E-state index contributed by atoms with van der Waals surface area (Å²) in [6.07, 6.45) is 5.93. The molecule has 2 heterocycles. The van der Waals surface area contributed by atoms with Crippen LogP contribution in [0.4, 0.5) is 34.1 Å². The summed E-state index contributed by atoms with van der Waals surface area (Å²) in [5, 5.41) is 0. The summed E-state index contributed by atoms with van der Waals surface area (Å²) in [5.74, 6) is 0. The van der Waals surface area contributed by atoms with Gasteiger partial charge in [-0.15, -0.1) is 0 Å². The minimum absolute atomic E-state index is 0.00668. The molecule has 0 spiro atoms. The molecule has 0 aromatic heterocycles. The van der Waals surface area contributed by atoms with Gasteiger partial charge in [0.05, 0.1) is 0 Å². The van der Waals surface area contributed by atoms with Crippen LogP contribution >= 0.6 is 0 Å². The van der Waals surface area contributed by atoms with E-state index in [1.54, 1.807) is 0 Å². The molecule has 0 fully saturated rings. The third-order valence-corrected chi connectivity index (χ3v) is 17.8. The van der Waals surface area contributed by atoms with Gasteiger partial charge in [-0.05, 0) is 191 Å². The standard InChI is InChI=1S/C62H79BN2/c1-37-28-42-46(62(18,19)36-61(42,16)17)34-50(37)65-49-23-20-38(55(2,3)4)29-47(49)63-48-33-44-45(60(14,15)27-26-59(44,12)13)35-51(48)64(52-30-39(56(5,6)7)31-53(65)54(52)63)40-21-22-41-43(32-40)58(10,11)25-24-57(41,8)9/h20-23,28-35H,24-27,36H2,1-19H3. The highest BCUT2D eigenvalue weighted by Crippen LogP contribution is 2.56. The number of aryl methyl sites for hydroxylation is 1. The van der Waals surface area contributed by atoms with Crippen LogP contribution in [-0.2, 0) is 43.3 Å². The Bertz CT molecular complexity index is 2840. The van der Waals surface area contributed by atoms with Gasteiger partial charge in [-0.2, -0.15) is 0 Å². The lowest BCUT2D eigenvalue weighted by atomic mass is 9.32. The van der Waals surface area contributed by atoms with Crippen LogP contribution in [0.3, 0.4) is 0 Å². The summed E-state index contributed by atoms with van der Waals surface area (Å²) >= 11 is 0.